The molecule has 110 valence electrons. The minimum absolute atomic E-state index is 0.465. The molecule has 0 aliphatic carbocycles. The van der Waals surface area contributed by atoms with Crippen molar-refractivity contribution in [3.05, 3.63) is 58.5 Å². The van der Waals surface area contributed by atoms with Gasteiger partial charge in [0.2, 0.25) is 0 Å². The van der Waals surface area contributed by atoms with E-state index in [1.165, 1.54) is 0 Å². The first-order valence-electron chi connectivity index (χ1n) is 6.57. The molecular formula is C15H16BrN3OS. The molecule has 0 spiro atoms. The van der Waals surface area contributed by atoms with Gasteiger partial charge < -0.3 is 9.73 Å². The molecule has 0 amide bonds. The SMILES string of the molecule is CC/C(=N\NC(=S)NCc1ccco1)c1cccc(Br)c1. The second kappa shape index (κ2) is 7.95. The Morgan fingerprint density at radius 3 is 2.86 bits per heavy atom. The summed E-state index contributed by atoms with van der Waals surface area (Å²) in [5, 5.41) is 7.87. The number of nitrogens with zero attached hydrogens (tertiary/aromatic N) is 1. The molecule has 21 heavy (non-hydrogen) atoms. The van der Waals surface area contributed by atoms with Crippen LogP contribution < -0.4 is 10.7 Å². The average molecular weight is 366 g/mol. The first kappa shape index (κ1) is 15.7. The maximum absolute atomic E-state index is 5.22. The van der Waals surface area contributed by atoms with Gasteiger partial charge in [-0.15, -0.1) is 0 Å². The Bertz CT molecular complexity index is 626. The maximum Gasteiger partial charge on any atom is 0.187 e. The molecule has 1 heterocycles. The zero-order valence-electron chi connectivity index (χ0n) is 11.6. The standard InChI is InChI=1S/C15H16BrN3OS/c1-2-14(11-5-3-6-12(16)9-11)18-19-15(21)17-10-13-7-4-8-20-13/h3-9H,2,10H2,1H3,(H2,17,19,21)/b18-14+. The van der Waals surface area contributed by atoms with E-state index in [4.69, 9.17) is 16.6 Å². The summed E-state index contributed by atoms with van der Waals surface area (Å²) in [6.45, 7) is 2.59. The fourth-order valence-electron chi connectivity index (χ4n) is 1.75. The van der Waals surface area contributed by atoms with E-state index in [2.05, 4.69) is 38.7 Å². The van der Waals surface area contributed by atoms with E-state index < -0.39 is 0 Å². The highest BCUT2D eigenvalue weighted by atomic mass is 79.9. The molecule has 6 heteroatoms. The largest absolute Gasteiger partial charge is 0.467 e. The molecule has 4 nitrogen and oxygen atoms in total. The maximum atomic E-state index is 5.22. The summed E-state index contributed by atoms with van der Waals surface area (Å²) in [6.07, 6.45) is 2.44. The van der Waals surface area contributed by atoms with Crippen LogP contribution in [0.4, 0.5) is 0 Å². The van der Waals surface area contributed by atoms with E-state index in [0.717, 1.165) is 27.9 Å². The Morgan fingerprint density at radius 2 is 2.19 bits per heavy atom. The Balaban J connectivity index is 1.92. The van der Waals surface area contributed by atoms with E-state index in [1.54, 1.807) is 6.26 Å². The van der Waals surface area contributed by atoms with Crippen molar-refractivity contribution in [1.82, 2.24) is 10.7 Å². The van der Waals surface area contributed by atoms with E-state index in [1.807, 2.05) is 36.4 Å². The van der Waals surface area contributed by atoms with Crippen LogP contribution in [0.1, 0.15) is 24.7 Å². The molecule has 0 aliphatic heterocycles. The number of furan rings is 1. The minimum atomic E-state index is 0.465. The number of hydrazone groups is 1. The second-order valence-electron chi connectivity index (χ2n) is 4.30. The molecular weight excluding hydrogens is 350 g/mol. The lowest BCUT2D eigenvalue weighted by Crippen LogP contribution is -2.32. The smallest absolute Gasteiger partial charge is 0.187 e. The molecule has 0 unspecified atom stereocenters. The van der Waals surface area contributed by atoms with Crippen molar-refractivity contribution in [3.63, 3.8) is 0 Å². The Hall–Kier alpha value is -1.66. The van der Waals surface area contributed by atoms with E-state index >= 15 is 0 Å². The molecule has 1 aromatic carbocycles. The van der Waals surface area contributed by atoms with Crippen molar-refractivity contribution in [1.29, 1.82) is 0 Å². The molecule has 2 rings (SSSR count). The van der Waals surface area contributed by atoms with Crippen molar-refractivity contribution < 1.29 is 4.42 Å². The average Bonchev–Trinajstić information content (AvgIpc) is 2.99. The third-order valence-electron chi connectivity index (χ3n) is 2.79. The first-order valence-corrected chi connectivity index (χ1v) is 7.78. The second-order valence-corrected chi connectivity index (χ2v) is 5.62. The number of hydrogen-bond donors (Lipinski definition) is 2. The predicted molar refractivity (Wildman–Crippen MR) is 92.3 cm³/mol. The number of thiocarbonyl (C=S) groups is 1. The highest BCUT2D eigenvalue weighted by molar-refractivity contribution is 9.10. The number of halogens is 1. The summed E-state index contributed by atoms with van der Waals surface area (Å²) in [7, 11) is 0. The molecule has 0 saturated carbocycles. The summed E-state index contributed by atoms with van der Waals surface area (Å²) in [5.41, 5.74) is 4.87. The van der Waals surface area contributed by atoms with Crippen molar-refractivity contribution in [2.75, 3.05) is 0 Å². The third-order valence-corrected chi connectivity index (χ3v) is 3.52. The van der Waals surface area contributed by atoms with Gasteiger partial charge in [0.25, 0.3) is 0 Å². The molecule has 0 atom stereocenters. The van der Waals surface area contributed by atoms with Gasteiger partial charge in [0, 0.05) is 4.47 Å². The van der Waals surface area contributed by atoms with Gasteiger partial charge in [-0.1, -0.05) is 35.0 Å². The molecule has 2 N–H and O–H groups in total. The van der Waals surface area contributed by atoms with Crippen LogP contribution in [0.25, 0.3) is 0 Å². The van der Waals surface area contributed by atoms with Crippen LogP contribution in [0.2, 0.25) is 0 Å². The number of nitrogens with one attached hydrogen (secondary N) is 2. The quantitative estimate of drug-likeness (QED) is 0.480. The molecule has 0 bridgehead atoms. The topological polar surface area (TPSA) is 49.6 Å². The van der Waals surface area contributed by atoms with Crippen molar-refractivity contribution in [2.24, 2.45) is 5.10 Å². The first-order chi connectivity index (χ1) is 10.2. The number of rotatable bonds is 5. The monoisotopic (exact) mass is 365 g/mol. The third kappa shape index (κ3) is 4.99. The fraction of sp³-hybridized carbons (Fsp3) is 0.200. The van der Waals surface area contributed by atoms with Gasteiger partial charge in [-0.3, -0.25) is 5.43 Å². The van der Waals surface area contributed by atoms with Crippen LogP contribution in [0.5, 0.6) is 0 Å². The molecule has 0 saturated heterocycles. The molecule has 0 radical (unpaired) electrons. The summed E-state index contributed by atoms with van der Waals surface area (Å²) in [5.74, 6) is 0.825. The molecule has 1 aromatic heterocycles. The summed E-state index contributed by atoms with van der Waals surface area (Å²) in [4.78, 5) is 0. The summed E-state index contributed by atoms with van der Waals surface area (Å²) >= 11 is 8.65. The Kier molecular flexibility index (Phi) is 5.95. The lowest BCUT2D eigenvalue weighted by molar-refractivity contribution is 0.502. The number of benzene rings is 1. The van der Waals surface area contributed by atoms with Gasteiger partial charge in [-0.2, -0.15) is 5.10 Å². The van der Waals surface area contributed by atoms with Crippen LogP contribution in [-0.2, 0) is 6.54 Å². The van der Waals surface area contributed by atoms with Crippen LogP contribution in [0.15, 0.2) is 56.7 Å². The van der Waals surface area contributed by atoms with Crippen molar-refractivity contribution in [3.8, 4) is 0 Å². The zero-order valence-corrected chi connectivity index (χ0v) is 14.0. The molecule has 0 aliphatic rings. The lowest BCUT2D eigenvalue weighted by atomic mass is 10.1. The summed E-state index contributed by atoms with van der Waals surface area (Å²) < 4.78 is 6.25. The van der Waals surface area contributed by atoms with Crippen LogP contribution in [0, 0.1) is 0 Å². The Labute approximate surface area is 137 Å². The van der Waals surface area contributed by atoms with Crippen LogP contribution >= 0.6 is 28.1 Å². The van der Waals surface area contributed by atoms with Gasteiger partial charge >= 0.3 is 0 Å². The molecule has 0 fully saturated rings. The van der Waals surface area contributed by atoms with Gasteiger partial charge in [-0.25, -0.2) is 0 Å². The van der Waals surface area contributed by atoms with E-state index in [-0.39, 0.29) is 0 Å². The molecule has 2 aromatic rings. The summed E-state index contributed by atoms with van der Waals surface area (Å²) in [6, 6.07) is 11.8. The minimum Gasteiger partial charge on any atom is -0.467 e. The van der Waals surface area contributed by atoms with Gasteiger partial charge in [0.15, 0.2) is 5.11 Å². The zero-order chi connectivity index (χ0) is 15.1. The van der Waals surface area contributed by atoms with Gasteiger partial charge in [0.05, 0.1) is 18.5 Å². The fourth-order valence-corrected chi connectivity index (χ4v) is 2.27. The van der Waals surface area contributed by atoms with Crippen molar-refractivity contribution >= 4 is 39.0 Å². The van der Waals surface area contributed by atoms with Crippen molar-refractivity contribution in [2.45, 2.75) is 19.9 Å². The normalized spacial score (nSPS) is 11.2. The number of hydrogen-bond acceptors (Lipinski definition) is 3. The van der Waals surface area contributed by atoms with Crippen LogP contribution in [-0.4, -0.2) is 10.8 Å². The highest BCUT2D eigenvalue weighted by Gasteiger charge is 2.03. The van der Waals surface area contributed by atoms with Crippen LogP contribution in [0.3, 0.4) is 0 Å². The van der Waals surface area contributed by atoms with Gasteiger partial charge in [-0.05, 0) is 48.5 Å². The van der Waals surface area contributed by atoms with E-state index in [9.17, 15) is 0 Å². The Morgan fingerprint density at radius 1 is 1.33 bits per heavy atom. The lowest BCUT2D eigenvalue weighted by Gasteiger charge is -2.08. The predicted octanol–water partition coefficient (Wildman–Crippen LogP) is 3.82. The highest BCUT2D eigenvalue weighted by Crippen LogP contribution is 2.13. The van der Waals surface area contributed by atoms with E-state index in [0.29, 0.717) is 11.7 Å². The van der Waals surface area contributed by atoms with Gasteiger partial charge in [0.1, 0.15) is 5.76 Å².